The number of amides is 1. The third kappa shape index (κ3) is 10.1. The Morgan fingerprint density at radius 2 is 1.75 bits per heavy atom. The van der Waals surface area contributed by atoms with Crippen molar-refractivity contribution in [1.82, 2.24) is 29.4 Å². The van der Waals surface area contributed by atoms with Gasteiger partial charge in [0, 0.05) is 118 Å². The lowest BCUT2D eigenvalue weighted by Crippen LogP contribution is -2.53. The molecule has 2 aromatic heterocycles. The minimum absolute atomic E-state index is 0.0121. The van der Waals surface area contributed by atoms with E-state index in [-0.39, 0.29) is 34.1 Å². The number of nitrogens with one attached hydrogen (secondary N) is 2. The van der Waals surface area contributed by atoms with Crippen molar-refractivity contribution in [1.29, 1.82) is 0 Å². The third-order valence-electron chi connectivity index (χ3n) is 14.7. The fourth-order valence-corrected chi connectivity index (χ4v) is 11.7. The number of hydrogen-bond acceptors (Lipinski definition) is 12. The summed E-state index contributed by atoms with van der Waals surface area (Å²) < 4.78 is 42.7. The van der Waals surface area contributed by atoms with Crippen LogP contribution in [-0.4, -0.2) is 122 Å². The zero-order chi connectivity index (χ0) is 47.2. The number of halogens is 1. The number of nitrogens with zero attached hydrogens (tertiary/aromatic N) is 6. The molecule has 2 aliphatic carbocycles. The van der Waals surface area contributed by atoms with E-state index in [1.54, 1.807) is 30.5 Å². The molecule has 1 atom stereocenters. The molecule has 2 saturated heterocycles. The minimum Gasteiger partial charge on any atom is -0.493 e. The highest BCUT2D eigenvalue weighted by atomic mass is 35.5. The summed E-state index contributed by atoms with van der Waals surface area (Å²) in [5.74, 6) is -0.315. The summed E-state index contributed by atoms with van der Waals surface area (Å²) in [4.78, 5) is 42.8. The lowest BCUT2D eigenvalue weighted by molar-refractivity contribution is -0.386. The topological polar surface area (TPSA) is 166 Å². The van der Waals surface area contributed by atoms with E-state index in [0.29, 0.717) is 36.0 Å². The molecule has 3 aromatic carbocycles. The maximum absolute atomic E-state index is 14.1. The number of rotatable bonds is 13. The van der Waals surface area contributed by atoms with E-state index < -0.39 is 25.7 Å². The lowest BCUT2D eigenvalue weighted by Gasteiger charge is -2.43. The Bertz CT molecular complexity index is 2850. The van der Waals surface area contributed by atoms with Crippen LogP contribution in [0, 0.1) is 21.4 Å². The molecular weight excluding hydrogens is 904 g/mol. The molecule has 15 nitrogen and oxygen atoms in total. The summed E-state index contributed by atoms with van der Waals surface area (Å²) in [7, 11) is -4.63. The SMILES string of the molecule is CC1(C)CCC(CN2CCN(c3ccc(C(=O)NS(=O)(=O)c4cc5c(c([N+](=O)[O-])c4)C[C@@H](CN4CCN(C6CCC6)CC4)CO5)c(Oc4cnc5[nH]ccc5c4)c3)CC2)=C(c2ccc(Cl)cc2)C1. The summed E-state index contributed by atoms with van der Waals surface area (Å²) in [5.41, 5.74) is 5.79. The van der Waals surface area contributed by atoms with Crippen molar-refractivity contribution in [3.8, 4) is 17.2 Å². The predicted molar refractivity (Wildman–Crippen MR) is 263 cm³/mol. The average Bonchev–Trinajstić information content (AvgIpc) is 3.78. The van der Waals surface area contributed by atoms with Crippen LogP contribution >= 0.6 is 11.6 Å². The molecule has 3 aliphatic heterocycles. The van der Waals surface area contributed by atoms with Gasteiger partial charge in [0.15, 0.2) is 0 Å². The number of anilines is 1. The number of pyridine rings is 1. The van der Waals surface area contributed by atoms with E-state index in [1.165, 1.54) is 48.2 Å². The monoisotopic (exact) mass is 962 g/mol. The zero-order valence-corrected chi connectivity index (χ0v) is 40.3. The number of piperazine rings is 2. The fourth-order valence-electron chi connectivity index (χ4n) is 10.6. The lowest BCUT2D eigenvalue weighted by atomic mass is 9.72. The van der Waals surface area contributed by atoms with E-state index in [0.717, 1.165) is 107 Å². The van der Waals surface area contributed by atoms with Crippen LogP contribution < -0.4 is 19.1 Å². The number of H-pyrrole nitrogens is 1. The number of carbonyl (C=O) groups excluding carboxylic acids is 1. The number of fused-ring (bicyclic) bond motifs is 2. The quantitative estimate of drug-likeness (QED) is 0.0855. The van der Waals surface area contributed by atoms with E-state index in [2.05, 4.69) is 60.3 Å². The van der Waals surface area contributed by atoms with Gasteiger partial charge in [0.1, 0.15) is 22.9 Å². The molecule has 10 rings (SSSR count). The molecule has 0 bridgehead atoms. The highest BCUT2D eigenvalue weighted by Crippen LogP contribution is 2.44. The van der Waals surface area contributed by atoms with Crippen LogP contribution in [0.25, 0.3) is 16.6 Å². The molecule has 0 radical (unpaired) electrons. The Hall–Kier alpha value is -5.52. The molecule has 17 heteroatoms. The van der Waals surface area contributed by atoms with Crippen molar-refractivity contribution < 1.29 is 27.6 Å². The fraction of sp³-hybridized carbons (Fsp3) is 0.451. The van der Waals surface area contributed by atoms with Gasteiger partial charge in [-0.1, -0.05) is 49.6 Å². The van der Waals surface area contributed by atoms with Gasteiger partial charge in [-0.15, -0.1) is 0 Å². The first-order chi connectivity index (χ1) is 32.7. The molecule has 0 unspecified atom stereocenters. The van der Waals surface area contributed by atoms with Gasteiger partial charge in [-0.2, -0.15) is 0 Å². The third-order valence-corrected chi connectivity index (χ3v) is 16.3. The smallest absolute Gasteiger partial charge is 0.277 e. The Kier molecular flexibility index (Phi) is 13.0. The van der Waals surface area contributed by atoms with Gasteiger partial charge < -0.3 is 24.3 Å². The van der Waals surface area contributed by atoms with Crippen LogP contribution in [0.5, 0.6) is 17.2 Å². The number of sulfonamides is 1. The molecule has 1 amide bonds. The highest BCUT2D eigenvalue weighted by Gasteiger charge is 2.35. The van der Waals surface area contributed by atoms with Crippen molar-refractivity contribution in [2.45, 2.75) is 69.7 Å². The Morgan fingerprint density at radius 1 is 0.985 bits per heavy atom. The number of nitro groups is 1. The molecule has 0 spiro atoms. The van der Waals surface area contributed by atoms with Crippen LogP contribution in [0.15, 0.2) is 89.6 Å². The number of aromatic nitrogens is 2. The summed E-state index contributed by atoms with van der Waals surface area (Å²) in [6.45, 7) is 13.6. The molecule has 68 heavy (non-hydrogen) atoms. The molecule has 2 N–H and O–H groups in total. The number of allylic oxidation sites excluding steroid dienone is 1. The van der Waals surface area contributed by atoms with Gasteiger partial charge in [-0.05, 0) is 91.5 Å². The second-order valence-electron chi connectivity index (χ2n) is 20.0. The maximum atomic E-state index is 14.1. The Labute approximate surface area is 402 Å². The molecule has 3 fully saturated rings. The second kappa shape index (κ2) is 19.1. The number of benzene rings is 3. The molecule has 358 valence electrons. The Balaban J connectivity index is 0.850. The van der Waals surface area contributed by atoms with E-state index >= 15 is 0 Å². The Morgan fingerprint density at radius 3 is 2.49 bits per heavy atom. The number of aromatic amines is 1. The van der Waals surface area contributed by atoms with E-state index in [1.807, 2.05) is 18.2 Å². The molecular formula is C51H59ClN8O7S. The van der Waals surface area contributed by atoms with E-state index in [4.69, 9.17) is 21.1 Å². The van der Waals surface area contributed by atoms with Crippen LogP contribution in [0.1, 0.15) is 73.9 Å². The number of ether oxygens (including phenoxy) is 2. The van der Waals surface area contributed by atoms with Gasteiger partial charge in [0.05, 0.1) is 33.7 Å². The number of nitro benzene ring substituents is 1. The van der Waals surface area contributed by atoms with E-state index in [9.17, 15) is 23.3 Å². The first-order valence-corrected chi connectivity index (χ1v) is 25.8. The highest BCUT2D eigenvalue weighted by molar-refractivity contribution is 7.90. The zero-order valence-electron chi connectivity index (χ0n) is 38.7. The summed E-state index contributed by atoms with van der Waals surface area (Å²) >= 11 is 6.26. The first-order valence-electron chi connectivity index (χ1n) is 23.9. The molecule has 5 heterocycles. The van der Waals surface area contributed by atoms with Gasteiger partial charge in [0.25, 0.3) is 21.6 Å². The van der Waals surface area contributed by atoms with Gasteiger partial charge >= 0.3 is 0 Å². The standard InChI is InChI=1S/C51H59ClN8O7S/c1-51(2)14-12-37(45(29-51)35-6-8-38(52)9-7-35)32-57-18-22-59(23-19-57)40-10-11-43(48(26-40)67-41-25-36-13-15-53-49(36)54-30-41)50(61)55-68(64,65)42-27-46(60(62)63)44-24-34(33-66-47(44)28-42)31-56-16-20-58(21-17-56)39-4-3-5-39/h6-11,13,15,25-28,30,34,39H,3-5,12,14,16-24,29,31-33H2,1-2H3,(H,53,54)(H,55,61)/t34-/m0/s1. The van der Waals surface area contributed by atoms with Crippen LogP contribution in [-0.2, 0) is 16.4 Å². The van der Waals surface area contributed by atoms with Crippen LogP contribution in [0.4, 0.5) is 11.4 Å². The van der Waals surface area contributed by atoms with Crippen LogP contribution in [0.2, 0.25) is 5.02 Å². The predicted octanol–water partition coefficient (Wildman–Crippen LogP) is 8.54. The summed E-state index contributed by atoms with van der Waals surface area (Å²) in [5, 5.41) is 14.0. The van der Waals surface area contributed by atoms with Gasteiger partial charge in [-0.3, -0.25) is 24.7 Å². The van der Waals surface area contributed by atoms with Crippen molar-refractivity contribution in [2.75, 3.05) is 77.0 Å². The van der Waals surface area contributed by atoms with Gasteiger partial charge in [-0.25, -0.2) is 18.1 Å². The molecule has 5 aliphatic rings. The molecule has 1 saturated carbocycles. The van der Waals surface area contributed by atoms with Crippen molar-refractivity contribution in [2.24, 2.45) is 11.3 Å². The summed E-state index contributed by atoms with van der Waals surface area (Å²) in [6, 6.07) is 20.0. The van der Waals surface area contributed by atoms with Crippen LogP contribution in [0.3, 0.4) is 0 Å². The first kappa shape index (κ1) is 46.2. The molecule has 5 aromatic rings. The second-order valence-corrected chi connectivity index (χ2v) is 22.1. The largest absolute Gasteiger partial charge is 0.493 e. The van der Waals surface area contributed by atoms with Crippen molar-refractivity contribution in [3.63, 3.8) is 0 Å². The average molecular weight is 964 g/mol. The number of carbonyl (C=O) groups is 1. The maximum Gasteiger partial charge on any atom is 0.277 e. The van der Waals surface area contributed by atoms with Crippen molar-refractivity contribution >= 4 is 55.5 Å². The number of hydrogen-bond donors (Lipinski definition) is 2. The van der Waals surface area contributed by atoms with Crippen molar-refractivity contribution in [3.05, 3.63) is 117 Å². The minimum atomic E-state index is -4.63. The van der Waals surface area contributed by atoms with Gasteiger partial charge in [0.2, 0.25) is 0 Å². The normalized spacial score (nSPS) is 20.7. The summed E-state index contributed by atoms with van der Waals surface area (Å²) in [6.07, 6.45) is 10.7.